The smallest absolute Gasteiger partial charge is 0.305 e. The number of benzene rings is 1. The van der Waals surface area contributed by atoms with Crippen LogP contribution >= 0.6 is 12.6 Å². The monoisotopic (exact) mass is 295 g/mol. The molecule has 1 fully saturated rings. The molecule has 1 heterocycles. The van der Waals surface area contributed by atoms with Gasteiger partial charge in [0.1, 0.15) is 5.75 Å². The summed E-state index contributed by atoms with van der Waals surface area (Å²) in [7, 11) is 0. The molecular weight excluding hydrogens is 278 g/mol. The van der Waals surface area contributed by atoms with Crippen LogP contribution in [0, 0.1) is 5.92 Å². The second-order valence-corrected chi connectivity index (χ2v) is 5.37. The molecule has 0 aromatic heterocycles. The van der Waals surface area contributed by atoms with Gasteiger partial charge in [-0.25, -0.2) is 0 Å². The fourth-order valence-electron chi connectivity index (χ4n) is 2.54. The Balaban J connectivity index is 2.28. The quantitative estimate of drug-likeness (QED) is 0.722. The molecule has 2 rings (SSSR count). The second kappa shape index (κ2) is 6.17. The summed E-state index contributed by atoms with van der Waals surface area (Å²) in [4.78, 5) is 24.7. The Hall–Kier alpha value is -1.69. The Morgan fingerprint density at radius 2 is 2.25 bits per heavy atom. The number of nitrogens with zero attached hydrogens (tertiary/aromatic N) is 1. The minimum atomic E-state index is -0.972. The summed E-state index contributed by atoms with van der Waals surface area (Å²) in [5.74, 6) is -0.212. The normalized spacial score (nSPS) is 20.1. The van der Waals surface area contributed by atoms with Gasteiger partial charge >= 0.3 is 5.97 Å². The molecule has 0 radical (unpaired) electrons. The minimum absolute atomic E-state index is 0.0568. The van der Waals surface area contributed by atoms with Crippen molar-refractivity contribution in [2.75, 3.05) is 12.3 Å². The van der Waals surface area contributed by atoms with Crippen molar-refractivity contribution in [1.82, 2.24) is 4.90 Å². The number of likely N-dealkylation sites (tertiary alicyclic amines) is 1. The van der Waals surface area contributed by atoms with Crippen LogP contribution in [0.5, 0.6) is 5.75 Å². The zero-order valence-corrected chi connectivity index (χ0v) is 11.8. The molecular formula is C14H17NO4S. The lowest BCUT2D eigenvalue weighted by Gasteiger charge is -2.27. The summed E-state index contributed by atoms with van der Waals surface area (Å²) < 4.78 is 0. The molecule has 2 unspecified atom stereocenters. The van der Waals surface area contributed by atoms with Gasteiger partial charge in [0, 0.05) is 13.0 Å². The highest BCUT2D eigenvalue weighted by molar-refractivity contribution is 7.80. The van der Waals surface area contributed by atoms with Crippen molar-refractivity contribution in [3.63, 3.8) is 0 Å². The van der Waals surface area contributed by atoms with E-state index in [1.54, 1.807) is 17.0 Å². The van der Waals surface area contributed by atoms with Gasteiger partial charge in [0.25, 0.3) is 0 Å². The van der Waals surface area contributed by atoms with Gasteiger partial charge in [0.2, 0.25) is 5.91 Å². The Labute approximate surface area is 122 Å². The molecule has 6 heteroatoms. The van der Waals surface area contributed by atoms with Crippen LogP contribution in [0.15, 0.2) is 24.3 Å². The predicted molar refractivity (Wildman–Crippen MR) is 76.8 cm³/mol. The molecule has 2 N–H and O–H groups in total. The number of rotatable bonds is 5. The number of amides is 1. The predicted octanol–water partition coefficient (Wildman–Crippen LogP) is 1.69. The number of thiol groups is 1. The number of aromatic hydroxyl groups is 1. The molecule has 1 aliphatic heterocycles. The number of carboxylic acid groups (broad SMARTS) is 1. The molecule has 1 saturated heterocycles. The SMILES string of the molecule is O=C(O)CC(c1cccc(O)c1)N1CC(CS)CC1=O. The van der Waals surface area contributed by atoms with Crippen molar-refractivity contribution >= 4 is 24.5 Å². The molecule has 1 aromatic rings. The number of carboxylic acids is 1. The minimum Gasteiger partial charge on any atom is -0.508 e. The zero-order chi connectivity index (χ0) is 14.7. The van der Waals surface area contributed by atoms with Gasteiger partial charge in [-0.1, -0.05) is 12.1 Å². The van der Waals surface area contributed by atoms with Crippen molar-refractivity contribution in [1.29, 1.82) is 0 Å². The summed E-state index contributed by atoms with van der Waals surface area (Å²) >= 11 is 4.20. The lowest BCUT2D eigenvalue weighted by atomic mass is 10.0. The molecule has 20 heavy (non-hydrogen) atoms. The van der Waals surface area contributed by atoms with E-state index in [9.17, 15) is 14.7 Å². The lowest BCUT2D eigenvalue weighted by Crippen LogP contribution is -2.32. The number of carbonyl (C=O) groups excluding carboxylic acids is 1. The van der Waals surface area contributed by atoms with E-state index in [0.29, 0.717) is 24.3 Å². The number of hydrogen-bond donors (Lipinski definition) is 3. The molecule has 0 saturated carbocycles. The van der Waals surface area contributed by atoms with Gasteiger partial charge in [0.15, 0.2) is 0 Å². The molecule has 108 valence electrons. The molecule has 5 nitrogen and oxygen atoms in total. The highest BCUT2D eigenvalue weighted by Crippen LogP contribution is 2.32. The summed E-state index contributed by atoms with van der Waals surface area (Å²) in [5.41, 5.74) is 0.639. The molecule has 1 aliphatic rings. The van der Waals surface area contributed by atoms with Crippen molar-refractivity contribution in [3.8, 4) is 5.75 Å². The number of phenolic OH excluding ortho intramolecular Hbond substituents is 1. The Morgan fingerprint density at radius 1 is 1.50 bits per heavy atom. The zero-order valence-electron chi connectivity index (χ0n) is 10.9. The van der Waals surface area contributed by atoms with E-state index in [2.05, 4.69) is 12.6 Å². The fourth-order valence-corrected chi connectivity index (χ4v) is 2.78. The first-order valence-electron chi connectivity index (χ1n) is 6.42. The highest BCUT2D eigenvalue weighted by atomic mass is 32.1. The fraction of sp³-hybridized carbons (Fsp3) is 0.429. The van der Waals surface area contributed by atoms with Crippen molar-refractivity contribution in [2.45, 2.75) is 18.9 Å². The Bertz CT molecular complexity index is 520. The van der Waals surface area contributed by atoms with Crippen LogP contribution in [-0.4, -0.2) is 39.3 Å². The van der Waals surface area contributed by atoms with E-state index >= 15 is 0 Å². The van der Waals surface area contributed by atoms with Crippen LogP contribution in [0.4, 0.5) is 0 Å². The van der Waals surface area contributed by atoms with Gasteiger partial charge in [-0.15, -0.1) is 0 Å². The molecule has 1 amide bonds. The molecule has 1 aromatic carbocycles. The molecule has 2 atom stereocenters. The number of carbonyl (C=O) groups is 2. The molecule has 0 aliphatic carbocycles. The average Bonchev–Trinajstić information content (AvgIpc) is 2.77. The van der Waals surface area contributed by atoms with Crippen LogP contribution in [0.25, 0.3) is 0 Å². The molecule has 0 bridgehead atoms. The first-order valence-corrected chi connectivity index (χ1v) is 7.05. The van der Waals surface area contributed by atoms with Crippen LogP contribution in [0.3, 0.4) is 0 Å². The van der Waals surface area contributed by atoms with E-state index in [4.69, 9.17) is 5.11 Å². The third kappa shape index (κ3) is 3.25. The number of phenols is 1. The summed E-state index contributed by atoms with van der Waals surface area (Å²) in [6.07, 6.45) is 0.229. The topological polar surface area (TPSA) is 77.8 Å². The largest absolute Gasteiger partial charge is 0.508 e. The number of hydrogen-bond acceptors (Lipinski definition) is 4. The van der Waals surface area contributed by atoms with Gasteiger partial charge in [0.05, 0.1) is 12.5 Å². The Morgan fingerprint density at radius 3 is 2.80 bits per heavy atom. The van der Waals surface area contributed by atoms with Crippen LogP contribution < -0.4 is 0 Å². The van der Waals surface area contributed by atoms with Crippen LogP contribution in [0.2, 0.25) is 0 Å². The van der Waals surface area contributed by atoms with Gasteiger partial charge in [-0.3, -0.25) is 9.59 Å². The van der Waals surface area contributed by atoms with Crippen molar-refractivity contribution in [2.24, 2.45) is 5.92 Å². The van der Waals surface area contributed by atoms with Crippen molar-refractivity contribution < 1.29 is 19.8 Å². The standard InChI is InChI=1S/C14H17NO4S/c16-11-3-1-2-10(5-11)12(6-14(18)19)15-7-9(8-20)4-13(15)17/h1-3,5,9,12,16,20H,4,6-8H2,(H,18,19). The number of aliphatic carboxylic acids is 1. The summed E-state index contributed by atoms with van der Waals surface area (Å²) in [5, 5.41) is 18.6. The summed E-state index contributed by atoms with van der Waals surface area (Å²) in [6.45, 7) is 0.510. The van der Waals surface area contributed by atoms with Gasteiger partial charge < -0.3 is 15.1 Å². The van der Waals surface area contributed by atoms with E-state index in [1.807, 2.05) is 0 Å². The summed E-state index contributed by atoms with van der Waals surface area (Å²) in [6, 6.07) is 5.86. The second-order valence-electron chi connectivity index (χ2n) is 5.01. The van der Waals surface area contributed by atoms with Crippen LogP contribution in [-0.2, 0) is 9.59 Å². The third-order valence-electron chi connectivity index (χ3n) is 3.50. The maximum Gasteiger partial charge on any atom is 0.305 e. The Kier molecular flexibility index (Phi) is 4.54. The van der Waals surface area contributed by atoms with Crippen molar-refractivity contribution in [3.05, 3.63) is 29.8 Å². The molecule has 0 spiro atoms. The first kappa shape index (κ1) is 14.7. The highest BCUT2D eigenvalue weighted by Gasteiger charge is 2.35. The van der Waals surface area contributed by atoms with Crippen LogP contribution in [0.1, 0.15) is 24.4 Å². The average molecular weight is 295 g/mol. The maximum atomic E-state index is 12.1. The lowest BCUT2D eigenvalue weighted by molar-refractivity contribution is -0.139. The maximum absolute atomic E-state index is 12.1. The van der Waals surface area contributed by atoms with E-state index in [1.165, 1.54) is 12.1 Å². The third-order valence-corrected chi connectivity index (χ3v) is 4.01. The first-order chi connectivity index (χ1) is 9.51. The van der Waals surface area contributed by atoms with Gasteiger partial charge in [-0.05, 0) is 29.4 Å². The van der Waals surface area contributed by atoms with E-state index in [0.717, 1.165) is 0 Å². The van der Waals surface area contributed by atoms with Gasteiger partial charge in [-0.2, -0.15) is 12.6 Å². The van der Waals surface area contributed by atoms with E-state index < -0.39 is 12.0 Å². The van der Waals surface area contributed by atoms with E-state index in [-0.39, 0.29) is 24.0 Å².